The second-order valence-corrected chi connectivity index (χ2v) is 5.78. The van der Waals surface area contributed by atoms with E-state index in [0.29, 0.717) is 10.1 Å². The zero-order valence-electron chi connectivity index (χ0n) is 13.2. The number of benzene rings is 2. The lowest BCUT2D eigenvalue weighted by Crippen LogP contribution is -2.31. The summed E-state index contributed by atoms with van der Waals surface area (Å²) in [6, 6.07) is 13.0. The van der Waals surface area contributed by atoms with Crippen molar-refractivity contribution in [1.82, 2.24) is 5.32 Å². The highest BCUT2D eigenvalue weighted by Gasteiger charge is 2.14. The van der Waals surface area contributed by atoms with Gasteiger partial charge in [0.2, 0.25) is 0 Å². The van der Waals surface area contributed by atoms with Gasteiger partial charge >= 0.3 is 0 Å². The SMILES string of the molecule is COc1ccc(OC)c(C(C)NC(=S)Nc2cccc(Cl)c2)c1. The average Bonchev–Trinajstić information content (AvgIpc) is 2.54. The minimum Gasteiger partial charge on any atom is -0.497 e. The molecule has 2 rings (SSSR count). The number of thiocarbonyl (C=S) groups is 1. The Morgan fingerprint density at radius 2 is 1.91 bits per heavy atom. The summed E-state index contributed by atoms with van der Waals surface area (Å²) in [4.78, 5) is 0. The summed E-state index contributed by atoms with van der Waals surface area (Å²) >= 11 is 11.3. The topological polar surface area (TPSA) is 42.5 Å². The molecule has 1 unspecified atom stereocenters. The van der Waals surface area contributed by atoms with Gasteiger partial charge < -0.3 is 20.1 Å². The van der Waals surface area contributed by atoms with Gasteiger partial charge in [-0.2, -0.15) is 0 Å². The Hall–Kier alpha value is -1.98. The molecule has 0 fully saturated rings. The van der Waals surface area contributed by atoms with E-state index in [1.807, 2.05) is 49.4 Å². The molecule has 0 aliphatic carbocycles. The maximum Gasteiger partial charge on any atom is 0.171 e. The lowest BCUT2D eigenvalue weighted by Gasteiger charge is -2.20. The highest BCUT2D eigenvalue weighted by atomic mass is 35.5. The Morgan fingerprint density at radius 1 is 1.13 bits per heavy atom. The fourth-order valence-electron chi connectivity index (χ4n) is 2.19. The Labute approximate surface area is 146 Å². The van der Waals surface area contributed by atoms with Crippen LogP contribution in [-0.4, -0.2) is 19.3 Å². The number of anilines is 1. The van der Waals surface area contributed by atoms with Crippen molar-refractivity contribution in [2.75, 3.05) is 19.5 Å². The smallest absolute Gasteiger partial charge is 0.171 e. The van der Waals surface area contributed by atoms with E-state index in [2.05, 4.69) is 10.6 Å². The summed E-state index contributed by atoms with van der Waals surface area (Å²) in [5.41, 5.74) is 1.79. The molecule has 0 radical (unpaired) electrons. The first kappa shape index (κ1) is 17.4. The van der Waals surface area contributed by atoms with Crippen LogP contribution in [0.25, 0.3) is 0 Å². The van der Waals surface area contributed by atoms with Crippen LogP contribution in [0.5, 0.6) is 11.5 Å². The molecule has 0 spiro atoms. The van der Waals surface area contributed by atoms with Crippen molar-refractivity contribution in [3.05, 3.63) is 53.1 Å². The maximum absolute atomic E-state index is 5.97. The van der Waals surface area contributed by atoms with Gasteiger partial charge in [0, 0.05) is 16.3 Å². The number of rotatable bonds is 5. The molecule has 0 amide bonds. The summed E-state index contributed by atoms with van der Waals surface area (Å²) in [5, 5.41) is 7.50. The third-order valence-electron chi connectivity index (χ3n) is 3.33. The molecule has 0 aliphatic heterocycles. The fraction of sp³-hybridized carbons (Fsp3) is 0.235. The maximum atomic E-state index is 5.97. The third-order valence-corrected chi connectivity index (χ3v) is 3.79. The van der Waals surface area contributed by atoms with Crippen LogP contribution < -0.4 is 20.1 Å². The van der Waals surface area contributed by atoms with Gasteiger partial charge in [0.05, 0.1) is 20.3 Å². The first-order valence-corrected chi connectivity index (χ1v) is 7.87. The van der Waals surface area contributed by atoms with Crippen LogP contribution in [0.2, 0.25) is 5.02 Å². The molecule has 122 valence electrons. The van der Waals surface area contributed by atoms with E-state index in [1.165, 1.54) is 0 Å². The van der Waals surface area contributed by atoms with Gasteiger partial charge in [0.25, 0.3) is 0 Å². The van der Waals surface area contributed by atoms with Gasteiger partial charge in [-0.05, 0) is 55.5 Å². The number of nitrogens with one attached hydrogen (secondary N) is 2. The van der Waals surface area contributed by atoms with Crippen LogP contribution >= 0.6 is 23.8 Å². The first-order valence-electron chi connectivity index (χ1n) is 7.08. The average molecular weight is 351 g/mol. The van der Waals surface area contributed by atoms with Crippen LogP contribution in [-0.2, 0) is 0 Å². The van der Waals surface area contributed by atoms with Crippen molar-refractivity contribution in [1.29, 1.82) is 0 Å². The first-order chi connectivity index (χ1) is 11.0. The number of ether oxygens (including phenoxy) is 2. The zero-order valence-corrected chi connectivity index (χ0v) is 14.8. The highest BCUT2D eigenvalue weighted by Crippen LogP contribution is 2.29. The molecule has 2 aromatic carbocycles. The van der Waals surface area contributed by atoms with Gasteiger partial charge in [0.15, 0.2) is 5.11 Å². The molecule has 1 atom stereocenters. The molecule has 0 saturated carbocycles. The van der Waals surface area contributed by atoms with Crippen LogP contribution in [0.15, 0.2) is 42.5 Å². The monoisotopic (exact) mass is 350 g/mol. The van der Waals surface area contributed by atoms with Crippen LogP contribution in [0.3, 0.4) is 0 Å². The van der Waals surface area contributed by atoms with Gasteiger partial charge in [-0.15, -0.1) is 0 Å². The number of methoxy groups -OCH3 is 2. The second kappa shape index (κ2) is 8.04. The van der Waals surface area contributed by atoms with Gasteiger partial charge in [-0.1, -0.05) is 17.7 Å². The Balaban J connectivity index is 2.09. The molecule has 2 N–H and O–H groups in total. The quantitative estimate of drug-likeness (QED) is 0.782. The van der Waals surface area contributed by atoms with E-state index in [-0.39, 0.29) is 6.04 Å². The molecule has 4 nitrogen and oxygen atoms in total. The molecule has 6 heteroatoms. The summed E-state index contributed by atoms with van der Waals surface area (Å²) in [5.74, 6) is 1.54. The highest BCUT2D eigenvalue weighted by molar-refractivity contribution is 7.80. The van der Waals surface area contributed by atoms with Gasteiger partial charge in [-0.25, -0.2) is 0 Å². The lowest BCUT2D eigenvalue weighted by molar-refractivity contribution is 0.395. The predicted octanol–water partition coefficient (Wildman–Crippen LogP) is 4.40. The van der Waals surface area contributed by atoms with E-state index in [0.717, 1.165) is 22.7 Å². The number of hydrogen-bond donors (Lipinski definition) is 2. The minimum atomic E-state index is -0.0563. The third kappa shape index (κ3) is 4.74. The molecule has 0 aliphatic rings. The summed E-state index contributed by atoms with van der Waals surface area (Å²) in [7, 11) is 3.27. The van der Waals surface area contributed by atoms with E-state index in [9.17, 15) is 0 Å². The molecule has 0 bridgehead atoms. The van der Waals surface area contributed by atoms with Crippen molar-refractivity contribution in [2.45, 2.75) is 13.0 Å². The van der Waals surface area contributed by atoms with Crippen LogP contribution in [0.4, 0.5) is 5.69 Å². The van der Waals surface area contributed by atoms with Gasteiger partial charge in [-0.3, -0.25) is 0 Å². The standard InChI is InChI=1S/C17H19ClN2O2S/c1-11(15-10-14(21-2)7-8-16(15)22-3)19-17(23)20-13-6-4-5-12(18)9-13/h4-11H,1-3H3,(H2,19,20,23). The minimum absolute atomic E-state index is 0.0563. The Morgan fingerprint density at radius 3 is 2.57 bits per heavy atom. The van der Waals surface area contributed by atoms with Crippen molar-refractivity contribution in [2.24, 2.45) is 0 Å². The fourth-order valence-corrected chi connectivity index (χ4v) is 2.67. The lowest BCUT2D eigenvalue weighted by atomic mass is 10.1. The van der Waals surface area contributed by atoms with Crippen LogP contribution in [0.1, 0.15) is 18.5 Å². The summed E-state index contributed by atoms with van der Waals surface area (Å²) < 4.78 is 10.7. The largest absolute Gasteiger partial charge is 0.497 e. The van der Waals surface area contributed by atoms with Crippen LogP contribution in [0, 0.1) is 0 Å². The van der Waals surface area contributed by atoms with Gasteiger partial charge in [0.1, 0.15) is 11.5 Å². The molecule has 0 aromatic heterocycles. The van der Waals surface area contributed by atoms with E-state index in [4.69, 9.17) is 33.3 Å². The summed E-state index contributed by atoms with van der Waals surface area (Å²) in [6.07, 6.45) is 0. The molecule has 0 saturated heterocycles. The summed E-state index contributed by atoms with van der Waals surface area (Å²) in [6.45, 7) is 2.00. The van der Waals surface area contributed by atoms with Crippen molar-refractivity contribution in [3.8, 4) is 11.5 Å². The van der Waals surface area contributed by atoms with Crippen molar-refractivity contribution < 1.29 is 9.47 Å². The molecule has 0 heterocycles. The number of hydrogen-bond acceptors (Lipinski definition) is 3. The molecular formula is C17H19ClN2O2S. The molecule has 2 aromatic rings. The van der Waals surface area contributed by atoms with Crippen molar-refractivity contribution >= 4 is 34.6 Å². The number of halogens is 1. The Bertz CT molecular complexity index is 694. The second-order valence-electron chi connectivity index (χ2n) is 4.94. The molecular weight excluding hydrogens is 332 g/mol. The van der Waals surface area contributed by atoms with E-state index >= 15 is 0 Å². The molecule has 23 heavy (non-hydrogen) atoms. The van der Waals surface area contributed by atoms with E-state index < -0.39 is 0 Å². The zero-order chi connectivity index (χ0) is 16.8. The Kier molecular flexibility index (Phi) is 6.07. The normalized spacial score (nSPS) is 11.5. The van der Waals surface area contributed by atoms with Crippen molar-refractivity contribution in [3.63, 3.8) is 0 Å². The van der Waals surface area contributed by atoms with E-state index in [1.54, 1.807) is 14.2 Å². The predicted molar refractivity (Wildman–Crippen MR) is 98.8 cm³/mol.